The summed E-state index contributed by atoms with van der Waals surface area (Å²) in [6.45, 7) is 5.88. The average molecular weight is 238 g/mol. The first-order valence-electron chi connectivity index (χ1n) is 6.31. The second-order valence-electron chi connectivity index (χ2n) is 4.79. The first kappa shape index (κ1) is 12.1. The molecule has 1 aromatic heterocycles. The number of thiophene rings is 1. The van der Waals surface area contributed by atoms with Crippen molar-refractivity contribution in [2.45, 2.75) is 32.2 Å². The van der Waals surface area contributed by atoms with Gasteiger partial charge in [0.1, 0.15) is 0 Å². The minimum Gasteiger partial charge on any atom is -0.317 e. The molecule has 3 heteroatoms. The minimum absolute atomic E-state index is 0.605. The minimum atomic E-state index is 0.605. The maximum atomic E-state index is 3.67. The zero-order chi connectivity index (χ0) is 11.2. The quantitative estimate of drug-likeness (QED) is 0.822. The average Bonchev–Trinajstić information content (AvgIpc) is 2.81. The SMILES string of the molecule is CC(Cc1cccs1)NCC1CCNCC1. The second-order valence-corrected chi connectivity index (χ2v) is 5.82. The van der Waals surface area contributed by atoms with Gasteiger partial charge in [-0.2, -0.15) is 0 Å². The van der Waals surface area contributed by atoms with E-state index in [-0.39, 0.29) is 0 Å². The molecule has 0 radical (unpaired) electrons. The predicted octanol–water partition coefficient (Wildman–Crippen LogP) is 2.27. The Balaban J connectivity index is 1.65. The maximum absolute atomic E-state index is 3.67. The zero-order valence-corrected chi connectivity index (χ0v) is 10.9. The van der Waals surface area contributed by atoms with Crippen molar-refractivity contribution in [2.75, 3.05) is 19.6 Å². The largest absolute Gasteiger partial charge is 0.317 e. The van der Waals surface area contributed by atoms with Crippen molar-refractivity contribution in [3.63, 3.8) is 0 Å². The Hall–Kier alpha value is -0.380. The van der Waals surface area contributed by atoms with Gasteiger partial charge in [0.05, 0.1) is 0 Å². The van der Waals surface area contributed by atoms with Gasteiger partial charge in [0.25, 0.3) is 0 Å². The number of piperidine rings is 1. The summed E-state index contributed by atoms with van der Waals surface area (Å²) in [5, 5.41) is 9.24. The summed E-state index contributed by atoms with van der Waals surface area (Å²) < 4.78 is 0. The molecule has 0 aromatic carbocycles. The van der Waals surface area contributed by atoms with Gasteiger partial charge in [-0.05, 0) is 63.2 Å². The van der Waals surface area contributed by atoms with Crippen LogP contribution in [0.5, 0.6) is 0 Å². The monoisotopic (exact) mass is 238 g/mol. The lowest BCUT2D eigenvalue weighted by atomic mass is 9.98. The van der Waals surface area contributed by atoms with Gasteiger partial charge < -0.3 is 10.6 Å². The van der Waals surface area contributed by atoms with Gasteiger partial charge in [-0.1, -0.05) is 6.07 Å². The van der Waals surface area contributed by atoms with Crippen molar-refractivity contribution >= 4 is 11.3 Å². The summed E-state index contributed by atoms with van der Waals surface area (Å²) in [7, 11) is 0. The summed E-state index contributed by atoms with van der Waals surface area (Å²) >= 11 is 1.86. The fourth-order valence-electron chi connectivity index (χ4n) is 2.26. The molecular weight excluding hydrogens is 216 g/mol. The third-order valence-electron chi connectivity index (χ3n) is 3.30. The van der Waals surface area contributed by atoms with Crippen molar-refractivity contribution in [1.29, 1.82) is 0 Å². The molecule has 2 nitrogen and oxygen atoms in total. The van der Waals surface area contributed by atoms with Crippen molar-refractivity contribution in [1.82, 2.24) is 10.6 Å². The van der Waals surface area contributed by atoms with Gasteiger partial charge in [0, 0.05) is 10.9 Å². The van der Waals surface area contributed by atoms with E-state index in [1.807, 2.05) is 11.3 Å². The van der Waals surface area contributed by atoms with Crippen LogP contribution in [0.2, 0.25) is 0 Å². The maximum Gasteiger partial charge on any atom is 0.00871 e. The van der Waals surface area contributed by atoms with E-state index in [1.54, 1.807) is 0 Å². The van der Waals surface area contributed by atoms with Crippen LogP contribution in [0.25, 0.3) is 0 Å². The van der Waals surface area contributed by atoms with Crippen molar-refractivity contribution in [3.8, 4) is 0 Å². The fraction of sp³-hybridized carbons (Fsp3) is 0.692. The van der Waals surface area contributed by atoms with E-state index in [9.17, 15) is 0 Å². The molecule has 2 rings (SSSR count). The fourth-order valence-corrected chi connectivity index (χ4v) is 3.09. The molecule has 1 aliphatic rings. The molecule has 1 fully saturated rings. The molecule has 0 bridgehead atoms. The lowest BCUT2D eigenvalue weighted by molar-refractivity contribution is 0.343. The standard InChI is InChI=1S/C13H22N2S/c1-11(9-13-3-2-8-16-13)15-10-12-4-6-14-7-5-12/h2-3,8,11-12,14-15H,4-7,9-10H2,1H3. The normalized spacial score (nSPS) is 19.8. The van der Waals surface area contributed by atoms with Gasteiger partial charge in [0.15, 0.2) is 0 Å². The Bertz CT molecular complexity index is 278. The Labute approximate surface area is 102 Å². The smallest absolute Gasteiger partial charge is 0.00871 e. The van der Waals surface area contributed by atoms with Crippen LogP contribution >= 0.6 is 11.3 Å². The highest BCUT2D eigenvalue weighted by Crippen LogP contribution is 2.13. The van der Waals surface area contributed by atoms with Crippen molar-refractivity contribution in [2.24, 2.45) is 5.92 Å². The van der Waals surface area contributed by atoms with Crippen LogP contribution in [0.1, 0.15) is 24.6 Å². The van der Waals surface area contributed by atoms with Gasteiger partial charge in [-0.15, -0.1) is 11.3 Å². The van der Waals surface area contributed by atoms with E-state index < -0.39 is 0 Å². The highest BCUT2D eigenvalue weighted by atomic mass is 32.1. The molecule has 90 valence electrons. The number of rotatable bonds is 5. The van der Waals surface area contributed by atoms with Crippen LogP contribution in [0.15, 0.2) is 17.5 Å². The van der Waals surface area contributed by atoms with E-state index in [1.165, 1.54) is 43.8 Å². The third-order valence-corrected chi connectivity index (χ3v) is 4.20. The van der Waals surface area contributed by atoms with E-state index in [2.05, 4.69) is 35.1 Å². The molecule has 1 saturated heterocycles. The second kappa shape index (κ2) is 6.38. The highest BCUT2D eigenvalue weighted by Gasteiger charge is 2.13. The topological polar surface area (TPSA) is 24.1 Å². The zero-order valence-electron chi connectivity index (χ0n) is 10.0. The van der Waals surface area contributed by atoms with E-state index in [0.29, 0.717) is 6.04 Å². The molecule has 0 aliphatic carbocycles. The Morgan fingerprint density at radius 2 is 2.31 bits per heavy atom. The predicted molar refractivity (Wildman–Crippen MR) is 71.1 cm³/mol. The van der Waals surface area contributed by atoms with Crippen molar-refractivity contribution < 1.29 is 0 Å². The first-order valence-corrected chi connectivity index (χ1v) is 7.19. The summed E-state index contributed by atoms with van der Waals surface area (Å²) in [6, 6.07) is 4.97. The Morgan fingerprint density at radius 1 is 1.50 bits per heavy atom. The molecular formula is C13H22N2S. The molecule has 1 atom stereocenters. The van der Waals surface area contributed by atoms with E-state index >= 15 is 0 Å². The van der Waals surface area contributed by atoms with Crippen LogP contribution < -0.4 is 10.6 Å². The lowest BCUT2D eigenvalue weighted by Crippen LogP contribution is -2.37. The van der Waals surface area contributed by atoms with Gasteiger partial charge >= 0.3 is 0 Å². The molecule has 0 spiro atoms. The summed E-state index contributed by atoms with van der Waals surface area (Å²) in [5.74, 6) is 0.882. The third kappa shape index (κ3) is 3.89. The van der Waals surface area contributed by atoms with Crippen LogP contribution in [0.3, 0.4) is 0 Å². The molecule has 1 unspecified atom stereocenters. The Morgan fingerprint density at radius 3 is 3.00 bits per heavy atom. The van der Waals surface area contributed by atoms with Crippen molar-refractivity contribution in [3.05, 3.63) is 22.4 Å². The molecule has 1 aliphatic heterocycles. The van der Waals surface area contributed by atoms with Crippen LogP contribution in [0, 0.1) is 5.92 Å². The number of hydrogen-bond acceptors (Lipinski definition) is 3. The van der Waals surface area contributed by atoms with Gasteiger partial charge in [-0.25, -0.2) is 0 Å². The molecule has 16 heavy (non-hydrogen) atoms. The Kier molecular flexibility index (Phi) is 4.82. The summed E-state index contributed by atoms with van der Waals surface area (Å²) in [5.41, 5.74) is 0. The highest BCUT2D eigenvalue weighted by molar-refractivity contribution is 7.09. The van der Waals surface area contributed by atoms with E-state index in [0.717, 1.165) is 5.92 Å². The van der Waals surface area contributed by atoms with Crippen LogP contribution in [-0.4, -0.2) is 25.7 Å². The van der Waals surface area contributed by atoms with Gasteiger partial charge in [0.2, 0.25) is 0 Å². The van der Waals surface area contributed by atoms with Crippen LogP contribution in [0.4, 0.5) is 0 Å². The molecule has 2 heterocycles. The summed E-state index contributed by atoms with van der Waals surface area (Å²) in [6.07, 6.45) is 3.83. The molecule has 0 saturated carbocycles. The number of nitrogens with one attached hydrogen (secondary N) is 2. The molecule has 2 N–H and O–H groups in total. The van der Waals surface area contributed by atoms with Gasteiger partial charge in [-0.3, -0.25) is 0 Å². The summed E-state index contributed by atoms with van der Waals surface area (Å²) in [4.78, 5) is 1.49. The lowest BCUT2D eigenvalue weighted by Gasteiger charge is -2.24. The molecule has 1 aromatic rings. The molecule has 0 amide bonds. The first-order chi connectivity index (χ1) is 7.84. The number of hydrogen-bond donors (Lipinski definition) is 2. The van der Waals surface area contributed by atoms with Crippen LogP contribution in [-0.2, 0) is 6.42 Å². The van der Waals surface area contributed by atoms with E-state index in [4.69, 9.17) is 0 Å².